The third-order valence-electron chi connectivity index (χ3n) is 1.15. The van der Waals surface area contributed by atoms with E-state index in [0.717, 1.165) is 5.69 Å². The molecule has 9 heavy (non-hydrogen) atoms. The van der Waals surface area contributed by atoms with Gasteiger partial charge in [-0.25, -0.2) is 0 Å². The van der Waals surface area contributed by atoms with Crippen LogP contribution in [0.1, 0.15) is 5.69 Å². The van der Waals surface area contributed by atoms with Gasteiger partial charge in [-0.05, 0) is 12.1 Å². The van der Waals surface area contributed by atoms with Crippen molar-refractivity contribution in [3.63, 3.8) is 0 Å². The minimum atomic E-state index is 0.167. The third kappa shape index (κ3) is 1.47. The van der Waals surface area contributed by atoms with E-state index in [4.69, 9.17) is 10.8 Å². The predicted octanol–water partition coefficient (Wildman–Crippen LogP) is 0.132. The molecule has 3 heteroatoms. The van der Waals surface area contributed by atoms with Gasteiger partial charge in [0.05, 0.1) is 0 Å². The van der Waals surface area contributed by atoms with E-state index in [1.165, 1.54) is 0 Å². The Hall–Kier alpha value is -0.960. The zero-order valence-electron chi connectivity index (χ0n) is 5.09. The first-order valence-electron chi connectivity index (χ1n) is 2.87. The molecule has 1 heterocycles. The zero-order valence-corrected chi connectivity index (χ0v) is 5.09. The Kier molecular flexibility index (Phi) is 1.75. The van der Waals surface area contributed by atoms with Crippen LogP contribution in [0.5, 0.6) is 0 Å². The lowest BCUT2D eigenvalue weighted by molar-refractivity contribution is 0.298. The van der Waals surface area contributed by atoms with E-state index < -0.39 is 0 Å². The molecule has 4 N–H and O–H groups in total. The molecule has 0 aliphatic heterocycles. The van der Waals surface area contributed by atoms with Crippen LogP contribution >= 0.6 is 0 Å². The highest BCUT2D eigenvalue weighted by molar-refractivity contribution is 5.31. The lowest BCUT2D eigenvalue weighted by atomic mass is 10.3. The second kappa shape index (κ2) is 2.55. The summed E-state index contributed by atoms with van der Waals surface area (Å²) in [6.45, 7) is 0.167. The number of hydrogen-bond acceptors (Lipinski definition) is 2. The van der Waals surface area contributed by atoms with Gasteiger partial charge in [0.1, 0.15) is 5.82 Å². The topological polar surface area (TPSA) is 62.0 Å². The van der Waals surface area contributed by atoms with E-state index in [1.807, 2.05) is 6.07 Å². The number of H-pyrrole nitrogens is 1. The number of rotatable bonds is 2. The molecule has 0 spiro atoms. The first kappa shape index (κ1) is 6.16. The summed E-state index contributed by atoms with van der Waals surface area (Å²) < 4.78 is 0. The average molecular weight is 126 g/mol. The molecule has 0 atom stereocenters. The van der Waals surface area contributed by atoms with Crippen LogP contribution in [0, 0.1) is 0 Å². The molecule has 1 rings (SSSR count). The molecule has 0 aliphatic carbocycles. The van der Waals surface area contributed by atoms with Crippen molar-refractivity contribution in [2.75, 3.05) is 12.3 Å². The highest BCUT2D eigenvalue weighted by atomic mass is 16.3. The molecule has 0 fully saturated rings. The van der Waals surface area contributed by atoms with Crippen LogP contribution in [-0.2, 0) is 6.42 Å². The fourth-order valence-corrected chi connectivity index (χ4v) is 0.725. The number of nitrogens with one attached hydrogen (secondary N) is 1. The number of nitrogen functional groups attached to an aromatic ring is 1. The van der Waals surface area contributed by atoms with Crippen molar-refractivity contribution in [3.05, 3.63) is 17.8 Å². The van der Waals surface area contributed by atoms with E-state index >= 15 is 0 Å². The molecular formula is C6H10N2O. The van der Waals surface area contributed by atoms with Crippen LogP contribution in [-0.4, -0.2) is 16.7 Å². The number of anilines is 1. The van der Waals surface area contributed by atoms with Crippen LogP contribution in [0.2, 0.25) is 0 Å². The van der Waals surface area contributed by atoms with E-state index in [9.17, 15) is 0 Å². The van der Waals surface area contributed by atoms with Crippen molar-refractivity contribution in [1.29, 1.82) is 0 Å². The molecule has 0 saturated carbocycles. The van der Waals surface area contributed by atoms with Crippen LogP contribution in [0.25, 0.3) is 0 Å². The highest BCUT2D eigenvalue weighted by Crippen LogP contribution is 2.02. The second-order valence-electron chi connectivity index (χ2n) is 1.91. The first-order chi connectivity index (χ1) is 4.33. The van der Waals surface area contributed by atoms with Crippen LogP contribution in [0.4, 0.5) is 5.82 Å². The van der Waals surface area contributed by atoms with Crippen molar-refractivity contribution in [2.45, 2.75) is 6.42 Å². The van der Waals surface area contributed by atoms with Gasteiger partial charge in [-0.15, -0.1) is 0 Å². The summed E-state index contributed by atoms with van der Waals surface area (Å²) in [5, 5.41) is 8.47. The fraction of sp³-hybridized carbons (Fsp3) is 0.333. The zero-order chi connectivity index (χ0) is 6.69. The summed E-state index contributed by atoms with van der Waals surface area (Å²) in [5.41, 5.74) is 6.35. The fourth-order valence-electron chi connectivity index (χ4n) is 0.725. The maximum atomic E-state index is 8.47. The molecule has 1 aromatic heterocycles. The average Bonchev–Trinajstić information content (AvgIpc) is 2.17. The van der Waals surface area contributed by atoms with Gasteiger partial charge in [-0.1, -0.05) is 0 Å². The second-order valence-corrected chi connectivity index (χ2v) is 1.91. The van der Waals surface area contributed by atoms with Gasteiger partial charge in [-0.2, -0.15) is 0 Å². The molecular weight excluding hydrogens is 116 g/mol. The van der Waals surface area contributed by atoms with Gasteiger partial charge in [0, 0.05) is 18.7 Å². The molecule has 0 saturated heterocycles. The summed E-state index contributed by atoms with van der Waals surface area (Å²) in [5.74, 6) is 0.651. The minimum Gasteiger partial charge on any atom is -0.396 e. The van der Waals surface area contributed by atoms with Gasteiger partial charge in [-0.3, -0.25) is 0 Å². The molecule has 0 amide bonds. The summed E-state index contributed by atoms with van der Waals surface area (Å²) in [7, 11) is 0. The first-order valence-corrected chi connectivity index (χ1v) is 2.87. The van der Waals surface area contributed by atoms with Crippen LogP contribution < -0.4 is 5.73 Å². The third-order valence-corrected chi connectivity index (χ3v) is 1.15. The lowest BCUT2D eigenvalue weighted by Gasteiger charge is -1.89. The number of aromatic amines is 1. The molecule has 1 aromatic rings. The van der Waals surface area contributed by atoms with Gasteiger partial charge in [0.15, 0.2) is 0 Å². The molecule has 3 nitrogen and oxygen atoms in total. The Balaban J connectivity index is 2.61. The quantitative estimate of drug-likeness (QED) is 0.527. The Morgan fingerprint density at radius 1 is 1.56 bits per heavy atom. The smallest absolute Gasteiger partial charge is 0.100 e. The summed E-state index contributed by atoms with van der Waals surface area (Å²) >= 11 is 0. The highest BCUT2D eigenvalue weighted by Gasteiger charge is 1.91. The van der Waals surface area contributed by atoms with Crippen molar-refractivity contribution in [2.24, 2.45) is 0 Å². The molecule has 0 aliphatic rings. The molecule has 50 valence electrons. The number of aliphatic hydroxyl groups is 1. The van der Waals surface area contributed by atoms with Crippen LogP contribution in [0.3, 0.4) is 0 Å². The summed E-state index contributed by atoms with van der Waals surface area (Å²) in [6, 6.07) is 3.65. The van der Waals surface area contributed by atoms with E-state index in [0.29, 0.717) is 12.2 Å². The molecule has 0 aromatic carbocycles. The van der Waals surface area contributed by atoms with Crippen molar-refractivity contribution >= 4 is 5.82 Å². The molecule has 0 unspecified atom stereocenters. The lowest BCUT2D eigenvalue weighted by Crippen LogP contribution is -1.91. The number of hydrogen-bond donors (Lipinski definition) is 3. The number of nitrogens with two attached hydrogens (primary N) is 1. The predicted molar refractivity (Wildman–Crippen MR) is 36.0 cm³/mol. The number of aliphatic hydroxyl groups excluding tert-OH is 1. The monoisotopic (exact) mass is 126 g/mol. The van der Waals surface area contributed by atoms with E-state index in [-0.39, 0.29) is 6.61 Å². The normalized spacial score (nSPS) is 9.89. The minimum absolute atomic E-state index is 0.167. The van der Waals surface area contributed by atoms with Gasteiger partial charge in [0.25, 0.3) is 0 Å². The standard InChI is InChI=1S/C6H10N2O/c7-6-2-1-5(8-6)3-4-9/h1-2,8-9H,3-4,7H2. The summed E-state index contributed by atoms with van der Waals surface area (Å²) in [6.07, 6.45) is 0.650. The molecule has 0 bridgehead atoms. The van der Waals surface area contributed by atoms with Crippen molar-refractivity contribution in [1.82, 2.24) is 4.98 Å². The number of aromatic nitrogens is 1. The van der Waals surface area contributed by atoms with Gasteiger partial charge < -0.3 is 15.8 Å². The maximum absolute atomic E-state index is 8.47. The van der Waals surface area contributed by atoms with Crippen molar-refractivity contribution in [3.8, 4) is 0 Å². The Bertz CT molecular complexity index is 183. The Morgan fingerprint density at radius 3 is 2.78 bits per heavy atom. The maximum Gasteiger partial charge on any atom is 0.100 e. The molecule has 0 radical (unpaired) electrons. The Labute approximate surface area is 53.5 Å². The van der Waals surface area contributed by atoms with Crippen LogP contribution in [0.15, 0.2) is 12.1 Å². The van der Waals surface area contributed by atoms with E-state index in [2.05, 4.69) is 4.98 Å². The van der Waals surface area contributed by atoms with Gasteiger partial charge in [0.2, 0.25) is 0 Å². The van der Waals surface area contributed by atoms with Gasteiger partial charge >= 0.3 is 0 Å². The van der Waals surface area contributed by atoms with Crippen molar-refractivity contribution < 1.29 is 5.11 Å². The SMILES string of the molecule is Nc1ccc(CCO)[nH]1. The summed E-state index contributed by atoms with van der Waals surface area (Å²) in [4.78, 5) is 2.89. The largest absolute Gasteiger partial charge is 0.396 e. The Morgan fingerprint density at radius 2 is 2.33 bits per heavy atom. The van der Waals surface area contributed by atoms with E-state index in [1.54, 1.807) is 6.07 Å².